The molecule has 2 rings (SSSR count). The van der Waals surface area contributed by atoms with Gasteiger partial charge in [-0.2, -0.15) is 5.26 Å². The minimum atomic E-state index is -3.62. The third kappa shape index (κ3) is 3.84. The van der Waals surface area contributed by atoms with Crippen LogP contribution in [0.2, 0.25) is 0 Å². The van der Waals surface area contributed by atoms with Gasteiger partial charge in [0.1, 0.15) is 10.3 Å². The van der Waals surface area contributed by atoms with Crippen LogP contribution in [0.4, 0.5) is 5.69 Å². The first-order valence-electron chi connectivity index (χ1n) is 6.19. The van der Waals surface area contributed by atoms with Crippen LogP contribution in [0, 0.1) is 11.3 Å². The Morgan fingerprint density at radius 3 is 2.55 bits per heavy atom. The van der Waals surface area contributed by atoms with Crippen LogP contribution >= 0.6 is 11.3 Å². The van der Waals surface area contributed by atoms with E-state index < -0.39 is 22.1 Å². The molecule has 0 saturated heterocycles. The Labute approximate surface area is 132 Å². The summed E-state index contributed by atoms with van der Waals surface area (Å²) in [4.78, 5) is 11.7. The average Bonchev–Trinajstić information content (AvgIpc) is 3.02. The average molecular weight is 336 g/mol. The molecule has 0 fully saturated rings. The lowest BCUT2D eigenvalue weighted by Gasteiger charge is -2.08. The molecule has 1 heterocycles. The molecule has 0 aliphatic heterocycles. The summed E-state index contributed by atoms with van der Waals surface area (Å²) in [6.07, 6.45) is -0.843. The summed E-state index contributed by atoms with van der Waals surface area (Å²) in [6.45, 7) is 1.46. The zero-order chi connectivity index (χ0) is 16.2. The van der Waals surface area contributed by atoms with Crippen molar-refractivity contribution in [3.05, 3.63) is 47.3 Å². The molecule has 1 aromatic heterocycles. The molecule has 22 heavy (non-hydrogen) atoms. The Morgan fingerprint density at radius 1 is 1.32 bits per heavy atom. The van der Waals surface area contributed by atoms with Gasteiger partial charge in [-0.05, 0) is 42.6 Å². The third-order valence-electron chi connectivity index (χ3n) is 2.60. The van der Waals surface area contributed by atoms with Gasteiger partial charge in [0.2, 0.25) is 0 Å². The molecule has 114 valence electrons. The smallest absolute Gasteiger partial charge is 0.339 e. The molecule has 0 aliphatic rings. The SMILES string of the molecule is CC(C#N)OC(=O)c1ccc(NS(=O)(=O)c2cccs2)cc1. The van der Waals surface area contributed by atoms with E-state index in [4.69, 9.17) is 10.00 Å². The predicted octanol–water partition coefficient (Wildman–Crippen LogP) is 2.62. The van der Waals surface area contributed by atoms with Crippen molar-refractivity contribution in [2.24, 2.45) is 0 Å². The summed E-state index contributed by atoms with van der Waals surface area (Å²) >= 11 is 1.11. The fraction of sp³-hybridized carbons (Fsp3) is 0.143. The van der Waals surface area contributed by atoms with Crippen LogP contribution in [0.3, 0.4) is 0 Å². The summed E-state index contributed by atoms with van der Waals surface area (Å²) in [5.41, 5.74) is 0.569. The molecule has 0 amide bonds. The van der Waals surface area contributed by atoms with E-state index in [2.05, 4.69) is 4.72 Å². The van der Waals surface area contributed by atoms with E-state index in [-0.39, 0.29) is 9.77 Å². The fourth-order valence-electron chi connectivity index (χ4n) is 1.55. The lowest BCUT2D eigenvalue weighted by atomic mass is 10.2. The van der Waals surface area contributed by atoms with Gasteiger partial charge in [0.25, 0.3) is 10.0 Å². The molecular weight excluding hydrogens is 324 g/mol. The van der Waals surface area contributed by atoms with Crippen LogP contribution in [-0.2, 0) is 14.8 Å². The van der Waals surface area contributed by atoms with Crippen molar-refractivity contribution >= 4 is 33.0 Å². The van der Waals surface area contributed by atoms with Crippen LogP contribution in [0.5, 0.6) is 0 Å². The zero-order valence-electron chi connectivity index (χ0n) is 11.5. The Hall–Kier alpha value is -2.37. The summed E-state index contributed by atoms with van der Waals surface area (Å²) in [6, 6.07) is 10.7. The Bertz CT molecular complexity index is 790. The molecule has 0 radical (unpaired) electrons. The van der Waals surface area contributed by atoms with E-state index in [1.807, 2.05) is 0 Å². The lowest BCUT2D eigenvalue weighted by molar-refractivity contribution is 0.0435. The maximum absolute atomic E-state index is 12.0. The maximum atomic E-state index is 12.0. The highest BCUT2D eigenvalue weighted by atomic mass is 32.2. The second-order valence-corrected chi connectivity index (χ2v) is 7.15. The largest absolute Gasteiger partial charge is 0.444 e. The van der Waals surface area contributed by atoms with E-state index >= 15 is 0 Å². The molecular formula is C14H12N2O4S2. The van der Waals surface area contributed by atoms with Crippen molar-refractivity contribution in [2.45, 2.75) is 17.2 Å². The number of nitrogens with zero attached hydrogens (tertiary/aromatic N) is 1. The summed E-state index contributed by atoms with van der Waals surface area (Å²) < 4.78 is 31.5. The van der Waals surface area contributed by atoms with Crippen LogP contribution in [0.1, 0.15) is 17.3 Å². The second-order valence-electron chi connectivity index (χ2n) is 4.29. The minimum absolute atomic E-state index is 0.207. The van der Waals surface area contributed by atoms with Gasteiger partial charge in [-0.1, -0.05) is 6.07 Å². The van der Waals surface area contributed by atoms with E-state index in [1.54, 1.807) is 17.5 Å². The van der Waals surface area contributed by atoms with Crippen LogP contribution in [0.15, 0.2) is 46.0 Å². The van der Waals surface area contributed by atoms with Crippen molar-refractivity contribution < 1.29 is 17.9 Å². The maximum Gasteiger partial charge on any atom is 0.339 e. The molecule has 0 bridgehead atoms. The summed E-state index contributed by atoms with van der Waals surface area (Å²) in [7, 11) is -3.62. The molecule has 1 N–H and O–H groups in total. The number of thiophene rings is 1. The molecule has 6 nitrogen and oxygen atoms in total. The first-order chi connectivity index (χ1) is 10.4. The number of hydrogen-bond acceptors (Lipinski definition) is 6. The van der Waals surface area contributed by atoms with Gasteiger partial charge >= 0.3 is 5.97 Å². The molecule has 0 aliphatic carbocycles. The van der Waals surface area contributed by atoms with Gasteiger partial charge in [-0.25, -0.2) is 13.2 Å². The molecule has 0 saturated carbocycles. The number of carbonyl (C=O) groups is 1. The van der Waals surface area contributed by atoms with Gasteiger partial charge in [0, 0.05) is 5.69 Å². The number of rotatable bonds is 5. The first kappa shape index (κ1) is 16.0. The Balaban J connectivity index is 2.10. The number of esters is 1. The Kier molecular flexibility index (Phi) is 4.80. The number of sulfonamides is 1. The molecule has 0 spiro atoms. The van der Waals surface area contributed by atoms with Crippen molar-refractivity contribution in [2.75, 3.05) is 4.72 Å². The van der Waals surface area contributed by atoms with Crippen LogP contribution in [-0.4, -0.2) is 20.5 Å². The van der Waals surface area contributed by atoms with Crippen molar-refractivity contribution in [3.63, 3.8) is 0 Å². The Morgan fingerprint density at radius 2 is 2.00 bits per heavy atom. The number of anilines is 1. The fourth-order valence-corrected chi connectivity index (χ4v) is 3.60. The van der Waals surface area contributed by atoms with E-state index in [9.17, 15) is 13.2 Å². The van der Waals surface area contributed by atoms with Gasteiger partial charge < -0.3 is 4.74 Å². The number of carbonyl (C=O) groups excluding carboxylic acids is 1. The van der Waals surface area contributed by atoms with Gasteiger partial charge in [-0.3, -0.25) is 4.72 Å². The topological polar surface area (TPSA) is 96.3 Å². The summed E-state index contributed by atoms with van der Waals surface area (Å²) in [5.74, 6) is -0.637. The molecule has 8 heteroatoms. The molecule has 1 atom stereocenters. The van der Waals surface area contributed by atoms with E-state index in [0.29, 0.717) is 5.69 Å². The minimum Gasteiger partial charge on any atom is -0.444 e. The quantitative estimate of drug-likeness (QED) is 0.847. The number of ether oxygens (including phenoxy) is 1. The second kappa shape index (κ2) is 6.60. The third-order valence-corrected chi connectivity index (χ3v) is 5.38. The van der Waals surface area contributed by atoms with Crippen molar-refractivity contribution in [1.29, 1.82) is 5.26 Å². The standard InChI is InChI=1S/C14H12N2O4S2/c1-10(9-15)20-14(17)11-4-6-12(7-5-11)16-22(18,19)13-3-2-8-21-13/h2-8,10,16H,1H3. The number of hydrogen-bond donors (Lipinski definition) is 1. The van der Waals surface area contributed by atoms with Gasteiger partial charge in [0.05, 0.1) is 5.56 Å². The highest BCUT2D eigenvalue weighted by molar-refractivity contribution is 7.94. The van der Waals surface area contributed by atoms with Crippen LogP contribution in [0.25, 0.3) is 0 Å². The summed E-state index contributed by atoms with van der Waals surface area (Å²) in [5, 5.41) is 10.3. The van der Waals surface area contributed by atoms with Gasteiger partial charge in [0.15, 0.2) is 6.10 Å². The van der Waals surface area contributed by atoms with E-state index in [1.165, 1.54) is 37.3 Å². The normalized spacial score (nSPS) is 12.2. The predicted molar refractivity (Wildman–Crippen MR) is 82.1 cm³/mol. The monoisotopic (exact) mass is 336 g/mol. The van der Waals surface area contributed by atoms with Crippen molar-refractivity contribution in [3.8, 4) is 6.07 Å². The highest BCUT2D eigenvalue weighted by Gasteiger charge is 2.16. The molecule has 1 aromatic carbocycles. The molecule has 2 aromatic rings. The number of nitrogens with one attached hydrogen (secondary N) is 1. The highest BCUT2D eigenvalue weighted by Crippen LogP contribution is 2.20. The lowest BCUT2D eigenvalue weighted by Crippen LogP contribution is -2.14. The number of benzene rings is 1. The first-order valence-corrected chi connectivity index (χ1v) is 8.55. The van der Waals surface area contributed by atoms with Crippen LogP contribution < -0.4 is 4.72 Å². The number of nitriles is 1. The van der Waals surface area contributed by atoms with E-state index in [0.717, 1.165) is 11.3 Å². The molecule has 1 unspecified atom stereocenters. The zero-order valence-corrected chi connectivity index (χ0v) is 13.1. The van der Waals surface area contributed by atoms with Crippen molar-refractivity contribution in [1.82, 2.24) is 0 Å². The van der Waals surface area contributed by atoms with Gasteiger partial charge in [-0.15, -0.1) is 11.3 Å².